The van der Waals surface area contributed by atoms with Gasteiger partial charge in [-0.25, -0.2) is 5.26 Å². The number of nitrogens with zero attached hydrogens (tertiary/aromatic N) is 1. The zero-order chi connectivity index (χ0) is 7.98. The summed E-state index contributed by atoms with van der Waals surface area (Å²) in [4.78, 5) is 0. The maximum Gasteiger partial charge on any atom is 0.0462 e. The molecule has 1 aromatic carbocycles. The molecule has 0 aliphatic carbocycles. The van der Waals surface area contributed by atoms with Crippen LogP contribution in [-0.2, 0) is 0 Å². The van der Waals surface area contributed by atoms with Gasteiger partial charge in [0.2, 0.25) is 0 Å². The second kappa shape index (κ2) is 4.58. The fourth-order valence-electron chi connectivity index (χ4n) is 0.663. The molecule has 52 valence electrons. The van der Waals surface area contributed by atoms with Gasteiger partial charge in [-0.3, -0.25) is 0 Å². The SMILES string of the molecule is C#N.Cc1ccccc1C. The Morgan fingerprint density at radius 2 is 1.30 bits per heavy atom. The Hall–Kier alpha value is -1.29. The van der Waals surface area contributed by atoms with Gasteiger partial charge in [0.05, 0.1) is 0 Å². The predicted molar refractivity (Wildman–Crippen MR) is 42.6 cm³/mol. The molecule has 0 heterocycles. The van der Waals surface area contributed by atoms with Gasteiger partial charge in [0.15, 0.2) is 0 Å². The van der Waals surface area contributed by atoms with Gasteiger partial charge in [-0.1, -0.05) is 24.3 Å². The molecule has 0 atom stereocenters. The average molecular weight is 133 g/mol. The summed E-state index contributed by atoms with van der Waals surface area (Å²) < 4.78 is 0. The summed E-state index contributed by atoms with van der Waals surface area (Å²) >= 11 is 0. The van der Waals surface area contributed by atoms with Gasteiger partial charge in [-0.05, 0) is 25.0 Å². The Balaban J connectivity index is 0.000000371. The Morgan fingerprint density at radius 3 is 1.50 bits per heavy atom. The summed E-state index contributed by atoms with van der Waals surface area (Å²) in [6, 6.07) is 8.36. The Morgan fingerprint density at radius 1 is 1.00 bits per heavy atom. The summed E-state index contributed by atoms with van der Waals surface area (Å²) in [5.74, 6) is 0. The zero-order valence-electron chi connectivity index (χ0n) is 6.33. The largest absolute Gasteiger partial charge is 0.202 e. The summed E-state index contributed by atoms with van der Waals surface area (Å²) in [6.07, 6.45) is 0. The van der Waals surface area contributed by atoms with E-state index in [1.807, 2.05) is 0 Å². The molecule has 0 aromatic heterocycles. The van der Waals surface area contributed by atoms with Crippen molar-refractivity contribution >= 4 is 0 Å². The van der Waals surface area contributed by atoms with E-state index in [1.54, 1.807) is 0 Å². The van der Waals surface area contributed by atoms with E-state index in [0.29, 0.717) is 0 Å². The molecule has 0 saturated heterocycles. The average Bonchev–Trinajstić information content (AvgIpc) is 2.00. The van der Waals surface area contributed by atoms with Crippen molar-refractivity contribution in [3.8, 4) is 6.57 Å². The maximum atomic E-state index is 6.50. The predicted octanol–water partition coefficient (Wildman–Crippen LogP) is 2.44. The molecule has 1 aromatic rings. The third-order valence-corrected chi connectivity index (χ3v) is 1.43. The molecule has 0 amide bonds. The number of hydrogen-bond acceptors (Lipinski definition) is 1. The van der Waals surface area contributed by atoms with Crippen LogP contribution >= 0.6 is 0 Å². The Bertz CT molecular complexity index is 192. The molecule has 0 aliphatic heterocycles. The topological polar surface area (TPSA) is 23.8 Å². The summed E-state index contributed by atoms with van der Waals surface area (Å²) in [5.41, 5.74) is 2.74. The standard InChI is InChI=1S/C8H10.CHN/c1-7-5-3-4-6-8(7)2;1-2/h3-6H,1-2H3;1H. The molecule has 0 radical (unpaired) electrons. The lowest BCUT2D eigenvalue weighted by Gasteiger charge is -1.93. The lowest BCUT2D eigenvalue weighted by molar-refractivity contribution is 1.34. The van der Waals surface area contributed by atoms with Crippen molar-refractivity contribution < 1.29 is 0 Å². The molecule has 1 rings (SSSR count). The van der Waals surface area contributed by atoms with Crippen LogP contribution in [0.5, 0.6) is 0 Å². The van der Waals surface area contributed by atoms with Gasteiger partial charge < -0.3 is 0 Å². The van der Waals surface area contributed by atoms with Crippen LogP contribution in [0.15, 0.2) is 24.3 Å². The van der Waals surface area contributed by atoms with E-state index in [1.165, 1.54) is 11.1 Å². The third-order valence-electron chi connectivity index (χ3n) is 1.43. The van der Waals surface area contributed by atoms with E-state index >= 15 is 0 Å². The van der Waals surface area contributed by atoms with Gasteiger partial charge in [0.1, 0.15) is 0 Å². The van der Waals surface area contributed by atoms with Gasteiger partial charge in [-0.2, -0.15) is 0 Å². The van der Waals surface area contributed by atoms with Crippen LogP contribution in [0.4, 0.5) is 0 Å². The molecular weight excluding hydrogens is 122 g/mol. The minimum Gasteiger partial charge on any atom is -0.202 e. The highest BCUT2D eigenvalue weighted by Crippen LogP contribution is 2.02. The minimum absolute atomic E-state index is 1.37. The van der Waals surface area contributed by atoms with Gasteiger partial charge in [0.25, 0.3) is 0 Å². The van der Waals surface area contributed by atoms with Crippen molar-refractivity contribution in [2.45, 2.75) is 13.8 Å². The number of aryl methyl sites for hydroxylation is 2. The smallest absolute Gasteiger partial charge is 0.0462 e. The first-order valence-electron chi connectivity index (χ1n) is 3.09. The van der Waals surface area contributed by atoms with Crippen LogP contribution in [0, 0.1) is 25.7 Å². The monoisotopic (exact) mass is 133 g/mol. The minimum atomic E-state index is 1.37. The fourth-order valence-corrected chi connectivity index (χ4v) is 0.663. The molecule has 0 saturated carbocycles. The van der Waals surface area contributed by atoms with E-state index < -0.39 is 0 Å². The van der Waals surface area contributed by atoms with Crippen LogP contribution in [-0.4, -0.2) is 0 Å². The van der Waals surface area contributed by atoms with Crippen molar-refractivity contribution in [2.75, 3.05) is 0 Å². The van der Waals surface area contributed by atoms with Gasteiger partial charge in [0, 0.05) is 6.57 Å². The quantitative estimate of drug-likeness (QED) is 0.533. The van der Waals surface area contributed by atoms with Crippen molar-refractivity contribution in [2.24, 2.45) is 0 Å². The first-order valence-corrected chi connectivity index (χ1v) is 3.09. The van der Waals surface area contributed by atoms with Gasteiger partial charge >= 0.3 is 0 Å². The molecular formula is C9H11N. The molecule has 0 spiro atoms. The van der Waals surface area contributed by atoms with Crippen molar-refractivity contribution in [1.82, 2.24) is 0 Å². The highest BCUT2D eigenvalue weighted by atomic mass is 14.2. The van der Waals surface area contributed by atoms with Crippen LogP contribution in [0.1, 0.15) is 11.1 Å². The van der Waals surface area contributed by atoms with Crippen LogP contribution < -0.4 is 0 Å². The zero-order valence-corrected chi connectivity index (χ0v) is 6.33. The Labute approximate surface area is 61.9 Å². The molecule has 1 heteroatoms. The lowest BCUT2D eigenvalue weighted by atomic mass is 10.1. The molecule has 10 heavy (non-hydrogen) atoms. The molecule has 0 unspecified atom stereocenters. The molecule has 0 aliphatic rings. The first kappa shape index (κ1) is 8.71. The second-order valence-electron chi connectivity index (χ2n) is 2.08. The van der Waals surface area contributed by atoms with E-state index in [-0.39, 0.29) is 0 Å². The normalized spacial score (nSPS) is 7.60. The van der Waals surface area contributed by atoms with E-state index in [2.05, 4.69) is 44.7 Å². The number of rotatable bonds is 0. The molecule has 0 N–H and O–H groups in total. The number of benzene rings is 1. The highest BCUT2D eigenvalue weighted by molar-refractivity contribution is 5.23. The second-order valence-corrected chi connectivity index (χ2v) is 2.08. The van der Waals surface area contributed by atoms with E-state index in [0.717, 1.165) is 0 Å². The molecule has 0 bridgehead atoms. The molecule has 0 fully saturated rings. The maximum absolute atomic E-state index is 6.50. The van der Waals surface area contributed by atoms with Crippen LogP contribution in [0.25, 0.3) is 0 Å². The van der Waals surface area contributed by atoms with Crippen molar-refractivity contribution in [3.63, 3.8) is 0 Å². The van der Waals surface area contributed by atoms with Gasteiger partial charge in [-0.15, -0.1) is 0 Å². The van der Waals surface area contributed by atoms with E-state index in [9.17, 15) is 0 Å². The number of nitriles is 1. The lowest BCUT2D eigenvalue weighted by Crippen LogP contribution is -1.74. The van der Waals surface area contributed by atoms with E-state index in [4.69, 9.17) is 5.26 Å². The summed E-state index contributed by atoms with van der Waals surface area (Å²) in [7, 11) is 0. The van der Waals surface area contributed by atoms with Crippen molar-refractivity contribution in [3.05, 3.63) is 35.4 Å². The first-order chi connectivity index (χ1) is 4.80. The number of hydrogen-bond donors (Lipinski definition) is 0. The Kier molecular flexibility index (Phi) is 3.99. The van der Waals surface area contributed by atoms with Crippen LogP contribution in [0.2, 0.25) is 0 Å². The fraction of sp³-hybridized carbons (Fsp3) is 0.222. The van der Waals surface area contributed by atoms with Crippen LogP contribution in [0.3, 0.4) is 0 Å². The highest BCUT2D eigenvalue weighted by Gasteiger charge is 1.83. The molecule has 1 nitrogen and oxygen atoms in total. The summed E-state index contributed by atoms with van der Waals surface area (Å²) in [5, 5.41) is 6.50. The van der Waals surface area contributed by atoms with Crippen molar-refractivity contribution in [1.29, 1.82) is 5.26 Å². The third kappa shape index (κ3) is 2.32. The summed E-state index contributed by atoms with van der Waals surface area (Å²) in [6.45, 7) is 7.74.